The summed E-state index contributed by atoms with van der Waals surface area (Å²) >= 11 is 18.3. The molecule has 16 heteroatoms. The third-order valence-electron chi connectivity index (χ3n) is 4.64. The molecule has 0 spiro atoms. The molecule has 0 saturated heterocycles. The van der Waals surface area contributed by atoms with Crippen LogP contribution in [-0.2, 0) is 6.18 Å². The zero-order valence-corrected chi connectivity index (χ0v) is 20.7. The van der Waals surface area contributed by atoms with Crippen molar-refractivity contribution in [2.24, 2.45) is 0 Å². The maximum atomic E-state index is 12.8. The van der Waals surface area contributed by atoms with Gasteiger partial charge in [-0.15, -0.1) is 0 Å². The van der Waals surface area contributed by atoms with E-state index in [1.165, 1.54) is 23.1 Å². The second kappa shape index (κ2) is 10.7. The van der Waals surface area contributed by atoms with Crippen LogP contribution >= 0.6 is 34.8 Å². The summed E-state index contributed by atoms with van der Waals surface area (Å²) in [6.45, 7) is 1.68. The highest BCUT2D eigenvalue weighted by Crippen LogP contribution is 2.41. The lowest BCUT2D eigenvalue weighted by atomic mass is 10.2. The molecule has 2 N–H and O–H groups in total. The SMILES string of the molecule is CC(NC(=O)Nc1cc(Cl)c(Oc2ncc(C(F)(F)F)cc2Cl)c(Cl)c1)c1ncnn1-c1ncccn1. The van der Waals surface area contributed by atoms with Crippen LogP contribution in [-0.4, -0.2) is 35.7 Å². The first-order chi connectivity index (χ1) is 17.5. The molecule has 4 aromatic rings. The van der Waals surface area contributed by atoms with E-state index in [0.717, 1.165) is 0 Å². The highest BCUT2D eigenvalue weighted by molar-refractivity contribution is 6.38. The van der Waals surface area contributed by atoms with Crippen molar-refractivity contribution in [2.75, 3.05) is 5.32 Å². The summed E-state index contributed by atoms with van der Waals surface area (Å²) in [5.74, 6) is 0.202. The molecular formula is C21H14Cl3F3N8O2. The molecule has 1 atom stereocenters. The van der Waals surface area contributed by atoms with Crippen LogP contribution in [0.25, 0.3) is 5.95 Å². The molecule has 0 bridgehead atoms. The number of carbonyl (C=O) groups excluding carboxylic acids is 1. The summed E-state index contributed by atoms with van der Waals surface area (Å²) < 4.78 is 45.3. The molecule has 0 aliphatic heterocycles. The highest BCUT2D eigenvalue weighted by Gasteiger charge is 2.32. The van der Waals surface area contributed by atoms with Crippen molar-refractivity contribution >= 4 is 46.5 Å². The quantitative estimate of drug-likeness (QED) is 0.286. The van der Waals surface area contributed by atoms with Gasteiger partial charge in [0.2, 0.25) is 5.88 Å². The van der Waals surface area contributed by atoms with Gasteiger partial charge < -0.3 is 15.4 Å². The number of hydrogen-bond acceptors (Lipinski definition) is 7. The number of urea groups is 1. The monoisotopic (exact) mass is 572 g/mol. The number of carbonyl (C=O) groups is 1. The molecule has 0 aliphatic carbocycles. The molecular weight excluding hydrogens is 560 g/mol. The average molecular weight is 574 g/mol. The zero-order valence-electron chi connectivity index (χ0n) is 18.5. The number of amides is 2. The number of rotatable bonds is 6. The second-order valence-electron chi connectivity index (χ2n) is 7.28. The van der Waals surface area contributed by atoms with E-state index in [0.29, 0.717) is 18.1 Å². The van der Waals surface area contributed by atoms with E-state index in [-0.39, 0.29) is 33.3 Å². The minimum absolute atomic E-state index is 0.0606. The number of nitrogens with one attached hydrogen (secondary N) is 2. The van der Waals surface area contributed by atoms with Crippen LogP contribution in [0.1, 0.15) is 24.4 Å². The van der Waals surface area contributed by atoms with E-state index in [1.807, 2.05) is 0 Å². The lowest BCUT2D eigenvalue weighted by Gasteiger charge is -2.16. The van der Waals surface area contributed by atoms with Gasteiger partial charge in [-0.05, 0) is 31.2 Å². The summed E-state index contributed by atoms with van der Waals surface area (Å²) in [6.07, 6.45) is 0.329. The van der Waals surface area contributed by atoms with Gasteiger partial charge in [0.15, 0.2) is 11.6 Å². The number of ether oxygens (including phenoxy) is 1. The number of nitrogens with zero attached hydrogens (tertiary/aromatic N) is 6. The Morgan fingerprint density at radius 1 is 1.03 bits per heavy atom. The lowest BCUT2D eigenvalue weighted by molar-refractivity contribution is -0.137. The van der Waals surface area contributed by atoms with Crippen LogP contribution in [0.3, 0.4) is 0 Å². The third kappa shape index (κ3) is 6.18. The molecule has 0 saturated carbocycles. The van der Waals surface area contributed by atoms with E-state index in [9.17, 15) is 18.0 Å². The smallest absolute Gasteiger partial charge is 0.417 e. The molecule has 0 aliphatic rings. The van der Waals surface area contributed by atoms with E-state index >= 15 is 0 Å². The Bertz CT molecular complexity index is 1410. The number of aromatic nitrogens is 6. The summed E-state index contributed by atoms with van der Waals surface area (Å²) in [6, 6.07) is 3.74. The largest absolute Gasteiger partial charge is 0.434 e. The van der Waals surface area contributed by atoms with Crippen molar-refractivity contribution in [1.29, 1.82) is 0 Å². The van der Waals surface area contributed by atoms with E-state index in [1.54, 1.807) is 25.4 Å². The highest BCUT2D eigenvalue weighted by atomic mass is 35.5. The molecule has 37 heavy (non-hydrogen) atoms. The van der Waals surface area contributed by atoms with Gasteiger partial charge in [0.1, 0.15) is 11.3 Å². The Balaban J connectivity index is 1.45. The molecule has 3 heterocycles. The zero-order chi connectivity index (χ0) is 26.7. The first-order valence-corrected chi connectivity index (χ1v) is 11.3. The molecule has 1 aromatic carbocycles. The fourth-order valence-corrected chi connectivity index (χ4v) is 3.78. The summed E-state index contributed by atoms with van der Waals surface area (Å²) in [5.41, 5.74) is -0.845. The van der Waals surface area contributed by atoms with Crippen molar-refractivity contribution in [3.05, 3.63) is 75.6 Å². The first-order valence-electron chi connectivity index (χ1n) is 10.2. The van der Waals surface area contributed by atoms with Gasteiger partial charge in [-0.3, -0.25) is 0 Å². The topological polar surface area (TPSA) is 120 Å². The number of benzene rings is 1. The van der Waals surface area contributed by atoms with Crippen LogP contribution < -0.4 is 15.4 Å². The lowest BCUT2D eigenvalue weighted by Crippen LogP contribution is -2.32. The van der Waals surface area contributed by atoms with Crippen LogP contribution in [0.2, 0.25) is 15.1 Å². The molecule has 3 aromatic heterocycles. The van der Waals surface area contributed by atoms with Crippen molar-refractivity contribution in [3.63, 3.8) is 0 Å². The Morgan fingerprint density at radius 3 is 2.32 bits per heavy atom. The molecule has 0 radical (unpaired) electrons. The Morgan fingerprint density at radius 2 is 1.70 bits per heavy atom. The van der Waals surface area contributed by atoms with Crippen molar-refractivity contribution < 1.29 is 22.7 Å². The fourth-order valence-electron chi connectivity index (χ4n) is 3.01. The number of halogens is 6. The van der Waals surface area contributed by atoms with Gasteiger partial charge in [0.25, 0.3) is 5.95 Å². The number of pyridine rings is 1. The second-order valence-corrected chi connectivity index (χ2v) is 8.50. The molecule has 192 valence electrons. The third-order valence-corrected chi connectivity index (χ3v) is 5.47. The predicted molar refractivity (Wildman–Crippen MR) is 128 cm³/mol. The van der Waals surface area contributed by atoms with Crippen molar-refractivity contribution in [2.45, 2.75) is 19.1 Å². The van der Waals surface area contributed by atoms with Gasteiger partial charge in [0.05, 0.1) is 21.7 Å². The Labute approximate surface area is 221 Å². The summed E-state index contributed by atoms with van der Waals surface area (Å²) in [4.78, 5) is 28.5. The van der Waals surface area contributed by atoms with Gasteiger partial charge in [-0.2, -0.15) is 23.0 Å². The maximum Gasteiger partial charge on any atom is 0.417 e. The van der Waals surface area contributed by atoms with Crippen molar-refractivity contribution in [3.8, 4) is 17.6 Å². The Hall–Kier alpha value is -3.68. The summed E-state index contributed by atoms with van der Waals surface area (Å²) in [7, 11) is 0. The first kappa shape index (κ1) is 26.4. The predicted octanol–water partition coefficient (Wildman–Crippen LogP) is 6.11. The van der Waals surface area contributed by atoms with Crippen LogP contribution in [0, 0.1) is 0 Å². The van der Waals surface area contributed by atoms with Gasteiger partial charge >= 0.3 is 12.2 Å². The molecule has 10 nitrogen and oxygen atoms in total. The van der Waals surface area contributed by atoms with Crippen LogP contribution in [0.5, 0.6) is 11.6 Å². The minimum Gasteiger partial charge on any atom is -0.434 e. The fraction of sp³-hybridized carbons (Fsp3) is 0.143. The van der Waals surface area contributed by atoms with Crippen LogP contribution in [0.15, 0.2) is 49.2 Å². The maximum absolute atomic E-state index is 12.8. The minimum atomic E-state index is -4.62. The molecule has 0 fully saturated rings. The van der Waals surface area contributed by atoms with Crippen LogP contribution in [0.4, 0.5) is 23.7 Å². The number of alkyl halides is 3. The molecule has 1 unspecified atom stereocenters. The average Bonchev–Trinajstić information content (AvgIpc) is 3.32. The van der Waals surface area contributed by atoms with E-state index < -0.39 is 28.8 Å². The number of anilines is 1. The Kier molecular flexibility index (Phi) is 7.66. The molecule has 2 amide bonds. The van der Waals surface area contributed by atoms with Gasteiger partial charge in [-0.1, -0.05) is 34.8 Å². The normalized spacial score (nSPS) is 12.2. The van der Waals surface area contributed by atoms with E-state index in [2.05, 4.69) is 35.7 Å². The van der Waals surface area contributed by atoms with E-state index in [4.69, 9.17) is 39.5 Å². The van der Waals surface area contributed by atoms with Crippen molar-refractivity contribution in [1.82, 2.24) is 35.0 Å². The number of hydrogen-bond donors (Lipinski definition) is 2. The molecule has 4 rings (SSSR count). The standard InChI is InChI=1S/C21H14Cl3F3N8O2/c1-10(17-31-9-32-35(17)19-28-3-2-4-29-19)33-20(36)34-12-6-13(22)16(14(23)7-12)37-18-15(24)5-11(8-30-18)21(25,26)27/h2-10H,1H3,(H2,33,34,36). The summed E-state index contributed by atoms with van der Waals surface area (Å²) in [5, 5.41) is 8.83. The van der Waals surface area contributed by atoms with Gasteiger partial charge in [0, 0.05) is 24.3 Å². The van der Waals surface area contributed by atoms with Gasteiger partial charge in [-0.25, -0.2) is 24.7 Å².